The van der Waals surface area contributed by atoms with Gasteiger partial charge in [0.05, 0.1) is 16.4 Å². The maximum atomic E-state index is 6.05. The minimum absolute atomic E-state index is 0.277. The van der Waals surface area contributed by atoms with Crippen molar-refractivity contribution in [3.63, 3.8) is 0 Å². The molecule has 2 aromatic rings. The highest BCUT2D eigenvalue weighted by Crippen LogP contribution is 2.31. The molecule has 1 aromatic carbocycles. The molecule has 0 saturated heterocycles. The van der Waals surface area contributed by atoms with E-state index in [0.717, 1.165) is 11.3 Å². The van der Waals surface area contributed by atoms with Gasteiger partial charge >= 0.3 is 0 Å². The highest BCUT2D eigenvalue weighted by Gasteiger charge is 2.12. The van der Waals surface area contributed by atoms with Crippen LogP contribution in [-0.2, 0) is 0 Å². The summed E-state index contributed by atoms with van der Waals surface area (Å²) in [6.45, 7) is 4.10. The van der Waals surface area contributed by atoms with E-state index in [1.807, 2.05) is 10.6 Å². The number of nitrogen functional groups attached to an aromatic ring is 1. The number of hydrogen-bond donors (Lipinski definition) is 1. The van der Waals surface area contributed by atoms with Crippen molar-refractivity contribution in [3.8, 4) is 11.3 Å². The van der Waals surface area contributed by atoms with Crippen LogP contribution in [0.3, 0.4) is 0 Å². The van der Waals surface area contributed by atoms with Crippen molar-refractivity contribution in [2.75, 3.05) is 5.73 Å². The summed E-state index contributed by atoms with van der Waals surface area (Å²) in [6.07, 6.45) is 1.73. The lowest BCUT2D eigenvalue weighted by atomic mass is 10.1. The lowest BCUT2D eigenvalue weighted by Crippen LogP contribution is -2.04. The second-order valence-corrected chi connectivity index (χ2v) is 4.92. The number of nitrogens with zero attached hydrogens (tertiary/aromatic N) is 2. The van der Waals surface area contributed by atoms with Crippen molar-refractivity contribution in [1.82, 2.24) is 9.55 Å². The van der Waals surface area contributed by atoms with Crippen LogP contribution < -0.4 is 5.73 Å². The minimum Gasteiger partial charge on any atom is -0.383 e. The summed E-state index contributed by atoms with van der Waals surface area (Å²) in [5, 5.41) is 1.03. The average molecular weight is 270 g/mol. The molecule has 0 spiro atoms. The van der Waals surface area contributed by atoms with Gasteiger partial charge in [-0.15, -0.1) is 0 Å². The molecule has 17 heavy (non-hydrogen) atoms. The average Bonchev–Trinajstić information content (AvgIpc) is 2.64. The van der Waals surface area contributed by atoms with Gasteiger partial charge in [-0.2, -0.15) is 0 Å². The van der Waals surface area contributed by atoms with Crippen LogP contribution >= 0.6 is 23.2 Å². The van der Waals surface area contributed by atoms with Crippen LogP contribution in [0.15, 0.2) is 24.5 Å². The Morgan fingerprint density at radius 1 is 1.24 bits per heavy atom. The highest BCUT2D eigenvalue weighted by atomic mass is 35.5. The molecule has 0 aliphatic rings. The normalized spacial score (nSPS) is 11.1. The molecule has 3 nitrogen and oxygen atoms in total. The first-order valence-corrected chi connectivity index (χ1v) is 6.04. The Morgan fingerprint density at radius 3 is 2.47 bits per heavy atom. The molecule has 0 radical (unpaired) electrons. The van der Waals surface area contributed by atoms with Crippen LogP contribution in [0.25, 0.3) is 11.3 Å². The quantitative estimate of drug-likeness (QED) is 0.895. The molecule has 0 aliphatic carbocycles. The number of benzene rings is 1. The molecule has 1 aromatic heterocycles. The molecule has 0 atom stereocenters. The van der Waals surface area contributed by atoms with Gasteiger partial charge in [-0.1, -0.05) is 29.3 Å². The van der Waals surface area contributed by atoms with Gasteiger partial charge in [0.1, 0.15) is 11.5 Å². The third-order valence-corrected chi connectivity index (χ3v) is 3.32. The predicted molar refractivity (Wildman–Crippen MR) is 72.5 cm³/mol. The highest BCUT2D eigenvalue weighted by molar-refractivity contribution is 6.42. The molecule has 0 saturated carbocycles. The van der Waals surface area contributed by atoms with E-state index in [1.165, 1.54) is 0 Å². The van der Waals surface area contributed by atoms with Gasteiger partial charge in [-0.25, -0.2) is 4.98 Å². The van der Waals surface area contributed by atoms with Crippen LogP contribution in [0.5, 0.6) is 0 Å². The van der Waals surface area contributed by atoms with E-state index in [9.17, 15) is 0 Å². The summed E-state index contributed by atoms with van der Waals surface area (Å²) >= 11 is 11.9. The predicted octanol–water partition coefficient (Wildman–Crippen LogP) is 4.02. The number of hydrogen-bond acceptors (Lipinski definition) is 2. The van der Waals surface area contributed by atoms with Crippen molar-refractivity contribution < 1.29 is 0 Å². The van der Waals surface area contributed by atoms with E-state index >= 15 is 0 Å². The topological polar surface area (TPSA) is 43.8 Å². The van der Waals surface area contributed by atoms with E-state index in [1.54, 1.807) is 18.5 Å². The first-order valence-electron chi connectivity index (χ1n) is 5.28. The second-order valence-electron chi connectivity index (χ2n) is 4.11. The molecule has 2 N–H and O–H groups in total. The second kappa shape index (κ2) is 4.59. The fraction of sp³-hybridized carbons (Fsp3) is 0.250. The van der Waals surface area contributed by atoms with E-state index in [4.69, 9.17) is 28.9 Å². The maximum Gasteiger partial charge on any atom is 0.131 e. The van der Waals surface area contributed by atoms with Gasteiger partial charge in [0.2, 0.25) is 0 Å². The Morgan fingerprint density at radius 2 is 1.94 bits per heavy atom. The van der Waals surface area contributed by atoms with Crippen molar-refractivity contribution in [3.05, 3.63) is 34.6 Å². The molecule has 2 rings (SSSR count). The molecular formula is C12H13Cl2N3. The summed E-state index contributed by atoms with van der Waals surface area (Å²) in [5.41, 5.74) is 7.65. The van der Waals surface area contributed by atoms with Crippen LogP contribution in [0.1, 0.15) is 19.9 Å². The fourth-order valence-corrected chi connectivity index (χ4v) is 1.95. The molecule has 0 aliphatic heterocycles. The van der Waals surface area contributed by atoms with Crippen LogP contribution in [-0.4, -0.2) is 9.55 Å². The minimum atomic E-state index is 0.277. The van der Waals surface area contributed by atoms with Gasteiger partial charge in [-0.3, -0.25) is 0 Å². The molecule has 0 unspecified atom stereocenters. The van der Waals surface area contributed by atoms with Crippen LogP contribution in [0, 0.1) is 0 Å². The molecule has 1 heterocycles. The van der Waals surface area contributed by atoms with Crippen molar-refractivity contribution in [2.45, 2.75) is 19.9 Å². The van der Waals surface area contributed by atoms with Crippen LogP contribution in [0.2, 0.25) is 10.0 Å². The van der Waals surface area contributed by atoms with Gasteiger partial charge in [0.25, 0.3) is 0 Å². The third kappa shape index (κ3) is 2.26. The first kappa shape index (κ1) is 12.3. The van der Waals surface area contributed by atoms with Gasteiger partial charge < -0.3 is 10.3 Å². The van der Waals surface area contributed by atoms with E-state index in [0.29, 0.717) is 15.9 Å². The van der Waals surface area contributed by atoms with E-state index < -0.39 is 0 Å². The van der Waals surface area contributed by atoms with Crippen molar-refractivity contribution in [2.24, 2.45) is 0 Å². The van der Waals surface area contributed by atoms with E-state index in [2.05, 4.69) is 18.8 Å². The lowest BCUT2D eigenvalue weighted by molar-refractivity contribution is 0.607. The Bertz CT molecular complexity index is 547. The summed E-state index contributed by atoms with van der Waals surface area (Å²) in [7, 11) is 0. The Kier molecular flexibility index (Phi) is 3.31. The first-order chi connectivity index (χ1) is 8.00. The molecule has 0 fully saturated rings. The monoisotopic (exact) mass is 269 g/mol. The van der Waals surface area contributed by atoms with E-state index in [-0.39, 0.29) is 6.04 Å². The molecule has 5 heteroatoms. The Hall–Kier alpha value is -1.19. The third-order valence-electron chi connectivity index (χ3n) is 2.58. The summed E-state index contributed by atoms with van der Waals surface area (Å²) in [4.78, 5) is 4.31. The Labute approximate surface area is 110 Å². The largest absolute Gasteiger partial charge is 0.383 e. The number of nitrogens with two attached hydrogens (primary N) is 1. The van der Waals surface area contributed by atoms with Gasteiger partial charge in [-0.05, 0) is 26.0 Å². The number of imidazole rings is 1. The zero-order valence-corrected chi connectivity index (χ0v) is 11.1. The summed E-state index contributed by atoms with van der Waals surface area (Å²) in [6, 6.07) is 5.65. The summed E-state index contributed by atoms with van der Waals surface area (Å²) < 4.78 is 1.91. The van der Waals surface area contributed by atoms with Crippen molar-refractivity contribution >= 4 is 29.0 Å². The van der Waals surface area contributed by atoms with Crippen LogP contribution in [0.4, 0.5) is 5.82 Å². The molecular weight excluding hydrogens is 257 g/mol. The molecule has 90 valence electrons. The number of rotatable bonds is 2. The molecule has 0 bridgehead atoms. The molecule has 0 amide bonds. The zero-order chi connectivity index (χ0) is 12.6. The standard InChI is InChI=1S/C12H13Cl2N3/c1-7(2)17-6-16-11(12(17)15)8-3-4-9(13)10(14)5-8/h3-7H,15H2,1-2H3. The maximum absolute atomic E-state index is 6.05. The number of halogens is 2. The number of aromatic nitrogens is 2. The van der Waals surface area contributed by atoms with Gasteiger partial charge in [0.15, 0.2) is 0 Å². The van der Waals surface area contributed by atoms with Gasteiger partial charge in [0, 0.05) is 11.6 Å². The van der Waals surface area contributed by atoms with Crippen molar-refractivity contribution in [1.29, 1.82) is 0 Å². The summed E-state index contributed by atoms with van der Waals surface area (Å²) in [5.74, 6) is 0.637. The lowest BCUT2D eigenvalue weighted by Gasteiger charge is -2.09. The number of anilines is 1. The SMILES string of the molecule is CC(C)n1cnc(-c2ccc(Cl)c(Cl)c2)c1N. The zero-order valence-electron chi connectivity index (χ0n) is 9.61. The fourth-order valence-electron chi connectivity index (χ4n) is 1.65. The smallest absolute Gasteiger partial charge is 0.131 e. The Balaban J connectivity index is 2.50.